The first-order valence-electron chi connectivity index (χ1n) is 10.1. The van der Waals surface area contributed by atoms with Crippen LogP contribution in [0.4, 0.5) is 8.78 Å². The smallest absolute Gasteiger partial charge is 0.248 e. The molecule has 2 unspecified atom stereocenters. The molecule has 156 valence electrons. The second-order valence-corrected chi connectivity index (χ2v) is 10.1. The first-order valence-corrected chi connectivity index (χ1v) is 11.9. The van der Waals surface area contributed by atoms with E-state index in [1.54, 1.807) is 16.8 Å². The first kappa shape index (κ1) is 20.0. The number of hydrogen-bond donors (Lipinski definition) is 1. The number of nitrogens with zero attached hydrogens (tertiary/aromatic N) is 2. The lowest BCUT2D eigenvalue weighted by molar-refractivity contribution is -0.139. The molecule has 0 aliphatic carbocycles. The average molecular weight is 446 g/mol. The lowest BCUT2D eigenvalue weighted by Gasteiger charge is -2.41. The van der Waals surface area contributed by atoms with Crippen LogP contribution in [0.1, 0.15) is 30.4 Å². The monoisotopic (exact) mass is 445 g/mol. The number of hydrazone groups is 1. The summed E-state index contributed by atoms with van der Waals surface area (Å²) in [6.45, 7) is 1.53. The summed E-state index contributed by atoms with van der Waals surface area (Å²) < 4.78 is 28.5. The highest BCUT2D eigenvalue weighted by Crippen LogP contribution is 2.55. The molecule has 30 heavy (non-hydrogen) atoms. The zero-order valence-electron chi connectivity index (χ0n) is 16.2. The number of amides is 1. The zero-order valence-corrected chi connectivity index (χ0v) is 17.9. The Morgan fingerprint density at radius 3 is 2.93 bits per heavy atom. The molecule has 3 aliphatic heterocycles. The van der Waals surface area contributed by atoms with E-state index in [1.165, 1.54) is 11.8 Å². The van der Waals surface area contributed by atoms with Crippen molar-refractivity contribution in [2.75, 3.05) is 18.8 Å². The van der Waals surface area contributed by atoms with Gasteiger partial charge in [0.05, 0.1) is 5.92 Å². The van der Waals surface area contributed by atoms with Crippen molar-refractivity contribution in [3.63, 3.8) is 0 Å². The van der Waals surface area contributed by atoms with Gasteiger partial charge in [-0.2, -0.15) is 5.10 Å². The number of thioether (sulfide) groups is 2. The fourth-order valence-electron chi connectivity index (χ4n) is 4.30. The van der Waals surface area contributed by atoms with E-state index in [2.05, 4.69) is 10.4 Å². The maximum Gasteiger partial charge on any atom is 0.248 e. The van der Waals surface area contributed by atoms with E-state index in [-0.39, 0.29) is 17.4 Å². The van der Waals surface area contributed by atoms with Gasteiger partial charge in [0.25, 0.3) is 0 Å². The summed E-state index contributed by atoms with van der Waals surface area (Å²) in [4.78, 5) is 14.0. The number of fused-ring (bicyclic) bond motifs is 2. The van der Waals surface area contributed by atoms with Crippen LogP contribution in [0.25, 0.3) is 0 Å². The Bertz CT molecular complexity index is 1030. The largest absolute Gasteiger partial charge is 0.316 e. The van der Waals surface area contributed by atoms with Crippen molar-refractivity contribution < 1.29 is 13.6 Å². The fourth-order valence-corrected chi connectivity index (χ4v) is 7.10. The molecule has 0 bridgehead atoms. The van der Waals surface area contributed by atoms with Gasteiger partial charge < -0.3 is 5.32 Å². The molecule has 1 N–H and O–H groups in total. The van der Waals surface area contributed by atoms with E-state index in [1.807, 2.05) is 24.3 Å². The molecule has 0 aromatic heterocycles. The molecule has 8 heteroatoms. The molecule has 0 saturated carbocycles. The lowest BCUT2D eigenvalue weighted by atomic mass is 9.96. The standard InChI is InChI=1S/C22H21F2N3OS2/c23-15-7-8-18(24)16(12-15)20-26-27(21(28)14-4-3-10-25-13-14)22(30-20)9-11-29-19-6-2-1-5-17(19)22/h1-2,5-8,12,14,25H,3-4,9-11,13H2. The lowest BCUT2D eigenvalue weighted by Crippen LogP contribution is -2.48. The highest BCUT2D eigenvalue weighted by molar-refractivity contribution is 8.15. The number of benzene rings is 2. The highest BCUT2D eigenvalue weighted by atomic mass is 32.2. The Labute approximate surface area is 182 Å². The minimum absolute atomic E-state index is 0.0526. The molecule has 3 aliphatic rings. The van der Waals surface area contributed by atoms with E-state index in [9.17, 15) is 13.6 Å². The van der Waals surface area contributed by atoms with Crippen LogP contribution >= 0.6 is 23.5 Å². The third-order valence-corrected chi connectivity index (χ3v) is 8.32. The van der Waals surface area contributed by atoms with Gasteiger partial charge in [0.15, 0.2) is 0 Å². The molecule has 2 atom stereocenters. The molecule has 1 spiro atoms. The van der Waals surface area contributed by atoms with Crippen LogP contribution in [0, 0.1) is 17.6 Å². The Kier molecular flexibility index (Phi) is 5.33. The Hall–Kier alpha value is -1.90. The summed E-state index contributed by atoms with van der Waals surface area (Å²) in [6, 6.07) is 11.4. The summed E-state index contributed by atoms with van der Waals surface area (Å²) in [6.07, 6.45) is 2.43. The van der Waals surface area contributed by atoms with E-state index in [4.69, 9.17) is 0 Å². The fraction of sp³-hybridized carbons (Fsp3) is 0.364. The van der Waals surface area contributed by atoms with Gasteiger partial charge in [-0.15, -0.1) is 11.8 Å². The van der Waals surface area contributed by atoms with Gasteiger partial charge in [0, 0.05) is 28.3 Å². The van der Waals surface area contributed by atoms with Crippen LogP contribution in [0.15, 0.2) is 52.5 Å². The Morgan fingerprint density at radius 1 is 1.23 bits per heavy atom. The van der Waals surface area contributed by atoms with Gasteiger partial charge in [-0.1, -0.05) is 30.0 Å². The predicted molar refractivity (Wildman–Crippen MR) is 116 cm³/mol. The molecule has 3 heterocycles. The SMILES string of the molecule is O=C(C1CCCNC1)N1N=C(c2cc(F)ccc2F)SC12CCSc1ccccc12. The summed E-state index contributed by atoms with van der Waals surface area (Å²) >= 11 is 3.12. The average Bonchev–Trinajstić information content (AvgIpc) is 3.15. The predicted octanol–water partition coefficient (Wildman–Crippen LogP) is 4.55. The molecular formula is C22H21F2N3OS2. The summed E-state index contributed by atoms with van der Waals surface area (Å²) in [5.41, 5.74) is 1.12. The van der Waals surface area contributed by atoms with Gasteiger partial charge >= 0.3 is 0 Å². The van der Waals surface area contributed by atoms with Crippen LogP contribution in [0.2, 0.25) is 0 Å². The van der Waals surface area contributed by atoms with E-state index in [0.717, 1.165) is 53.8 Å². The van der Waals surface area contributed by atoms with Crippen molar-refractivity contribution in [3.8, 4) is 0 Å². The van der Waals surface area contributed by atoms with Crippen molar-refractivity contribution in [2.24, 2.45) is 11.0 Å². The molecule has 2 aromatic rings. The molecule has 1 fully saturated rings. The number of hydrogen-bond acceptors (Lipinski definition) is 5. The number of halogens is 2. The topological polar surface area (TPSA) is 44.7 Å². The number of carbonyl (C=O) groups is 1. The normalized spacial score (nSPS) is 25.9. The van der Waals surface area contributed by atoms with Crippen LogP contribution in [-0.2, 0) is 9.67 Å². The third kappa shape index (κ3) is 3.35. The second kappa shape index (κ2) is 7.98. The van der Waals surface area contributed by atoms with Crippen LogP contribution in [-0.4, -0.2) is 34.8 Å². The summed E-state index contributed by atoms with van der Waals surface area (Å²) in [7, 11) is 0. The van der Waals surface area contributed by atoms with Gasteiger partial charge in [0.1, 0.15) is 21.5 Å². The molecule has 0 radical (unpaired) electrons. The minimum atomic E-state index is -0.732. The van der Waals surface area contributed by atoms with Crippen molar-refractivity contribution in [2.45, 2.75) is 29.0 Å². The van der Waals surface area contributed by atoms with Crippen LogP contribution in [0.3, 0.4) is 0 Å². The summed E-state index contributed by atoms with van der Waals surface area (Å²) in [5, 5.41) is 9.85. The number of piperidine rings is 1. The minimum Gasteiger partial charge on any atom is -0.316 e. The van der Waals surface area contributed by atoms with Crippen molar-refractivity contribution in [3.05, 3.63) is 65.2 Å². The summed E-state index contributed by atoms with van der Waals surface area (Å²) in [5.74, 6) is -0.457. The van der Waals surface area contributed by atoms with E-state index in [0.29, 0.717) is 18.0 Å². The van der Waals surface area contributed by atoms with Crippen LogP contribution < -0.4 is 5.32 Å². The molecule has 1 amide bonds. The maximum atomic E-state index is 14.6. The van der Waals surface area contributed by atoms with Gasteiger partial charge in [-0.25, -0.2) is 13.8 Å². The highest BCUT2D eigenvalue weighted by Gasteiger charge is 2.52. The molecule has 5 rings (SSSR count). The first-order chi connectivity index (χ1) is 14.6. The molecule has 1 saturated heterocycles. The van der Waals surface area contributed by atoms with E-state index >= 15 is 0 Å². The van der Waals surface area contributed by atoms with Crippen molar-refractivity contribution >= 4 is 34.5 Å². The van der Waals surface area contributed by atoms with E-state index < -0.39 is 16.5 Å². The Balaban J connectivity index is 1.62. The number of nitrogens with one attached hydrogen (secondary N) is 1. The molecule has 2 aromatic carbocycles. The zero-order chi connectivity index (χ0) is 20.7. The van der Waals surface area contributed by atoms with Gasteiger partial charge in [-0.3, -0.25) is 4.79 Å². The molecular weight excluding hydrogens is 424 g/mol. The Morgan fingerprint density at radius 2 is 2.10 bits per heavy atom. The second-order valence-electron chi connectivity index (χ2n) is 7.70. The van der Waals surface area contributed by atoms with Crippen LogP contribution in [0.5, 0.6) is 0 Å². The van der Waals surface area contributed by atoms with Crippen molar-refractivity contribution in [1.29, 1.82) is 0 Å². The van der Waals surface area contributed by atoms with Crippen molar-refractivity contribution in [1.82, 2.24) is 10.3 Å². The maximum absolute atomic E-state index is 14.6. The third-order valence-electron chi connectivity index (χ3n) is 5.82. The number of rotatable bonds is 2. The quantitative estimate of drug-likeness (QED) is 0.737. The molecule has 4 nitrogen and oxygen atoms in total. The van der Waals surface area contributed by atoms with Gasteiger partial charge in [-0.05, 0) is 50.1 Å². The van der Waals surface area contributed by atoms with Gasteiger partial charge in [0.2, 0.25) is 5.91 Å². The number of carbonyl (C=O) groups excluding carboxylic acids is 1.